The molecular weight excluding hydrogens is 224 g/mol. The Morgan fingerprint density at radius 2 is 2.17 bits per heavy atom. The van der Waals surface area contributed by atoms with E-state index in [0.29, 0.717) is 6.04 Å². The number of hydrogen-bond donors (Lipinski definition) is 2. The van der Waals surface area contributed by atoms with Gasteiger partial charge in [-0.3, -0.25) is 0 Å². The molecule has 0 bridgehead atoms. The molecule has 0 spiro atoms. The minimum atomic E-state index is 0.666. The molecule has 2 N–H and O–H groups in total. The van der Waals surface area contributed by atoms with Crippen LogP contribution in [-0.4, -0.2) is 18.6 Å². The van der Waals surface area contributed by atoms with Crippen molar-refractivity contribution in [2.24, 2.45) is 5.92 Å². The van der Waals surface area contributed by atoms with Gasteiger partial charge in [0.1, 0.15) is 5.76 Å². The van der Waals surface area contributed by atoms with Gasteiger partial charge in [0.25, 0.3) is 0 Å². The van der Waals surface area contributed by atoms with Crippen molar-refractivity contribution in [3.8, 4) is 0 Å². The summed E-state index contributed by atoms with van der Waals surface area (Å²) in [5.74, 6) is 1.87. The van der Waals surface area contributed by atoms with Gasteiger partial charge in [-0.25, -0.2) is 0 Å². The Kier molecular flexibility index (Phi) is 4.01. The van der Waals surface area contributed by atoms with Crippen molar-refractivity contribution < 1.29 is 4.42 Å². The Morgan fingerprint density at radius 3 is 2.94 bits per heavy atom. The van der Waals surface area contributed by atoms with Crippen LogP contribution in [0.25, 0.3) is 0 Å². The molecular formula is C15H24N2O. The van der Waals surface area contributed by atoms with Crippen molar-refractivity contribution in [2.45, 2.75) is 57.2 Å². The average molecular weight is 248 g/mol. The smallest absolute Gasteiger partial charge is 0.117 e. The summed E-state index contributed by atoms with van der Waals surface area (Å²) < 4.78 is 5.41. The van der Waals surface area contributed by atoms with Gasteiger partial charge in [0.2, 0.25) is 0 Å². The van der Waals surface area contributed by atoms with E-state index in [1.165, 1.54) is 45.1 Å². The highest BCUT2D eigenvalue weighted by Gasteiger charge is 2.32. The molecule has 3 heteroatoms. The lowest BCUT2D eigenvalue weighted by atomic mass is 9.79. The third-order valence-electron chi connectivity index (χ3n) is 4.55. The molecule has 3 atom stereocenters. The van der Waals surface area contributed by atoms with Crippen LogP contribution in [0, 0.1) is 5.92 Å². The molecule has 18 heavy (non-hydrogen) atoms. The molecule has 3 unspecified atom stereocenters. The van der Waals surface area contributed by atoms with E-state index in [4.69, 9.17) is 4.42 Å². The summed E-state index contributed by atoms with van der Waals surface area (Å²) >= 11 is 0. The first-order chi connectivity index (χ1) is 8.93. The highest BCUT2D eigenvalue weighted by Crippen LogP contribution is 2.30. The number of nitrogens with one attached hydrogen (secondary N) is 2. The van der Waals surface area contributed by atoms with Crippen LogP contribution in [-0.2, 0) is 6.54 Å². The Balaban J connectivity index is 1.57. The molecule has 1 aliphatic carbocycles. The van der Waals surface area contributed by atoms with Crippen LogP contribution in [0.3, 0.4) is 0 Å². The molecule has 2 heterocycles. The van der Waals surface area contributed by atoms with Gasteiger partial charge in [-0.05, 0) is 50.3 Å². The van der Waals surface area contributed by atoms with Gasteiger partial charge in [-0.1, -0.05) is 12.8 Å². The zero-order valence-electron chi connectivity index (χ0n) is 11.0. The van der Waals surface area contributed by atoms with Crippen LogP contribution in [0.2, 0.25) is 0 Å². The topological polar surface area (TPSA) is 37.2 Å². The predicted octanol–water partition coefficient (Wildman–Crippen LogP) is 2.68. The zero-order chi connectivity index (χ0) is 12.2. The highest BCUT2D eigenvalue weighted by atomic mass is 16.3. The largest absolute Gasteiger partial charge is 0.468 e. The van der Waals surface area contributed by atoms with Gasteiger partial charge >= 0.3 is 0 Å². The molecule has 0 radical (unpaired) electrons. The van der Waals surface area contributed by atoms with Crippen LogP contribution in [0.15, 0.2) is 22.8 Å². The molecule has 3 nitrogen and oxygen atoms in total. The molecule has 1 saturated heterocycles. The minimum absolute atomic E-state index is 0.666. The summed E-state index contributed by atoms with van der Waals surface area (Å²) in [7, 11) is 0. The lowest BCUT2D eigenvalue weighted by Crippen LogP contribution is -2.46. The van der Waals surface area contributed by atoms with Crippen molar-refractivity contribution in [1.29, 1.82) is 0 Å². The highest BCUT2D eigenvalue weighted by molar-refractivity contribution is 4.99. The Bertz CT molecular complexity index is 343. The predicted molar refractivity (Wildman–Crippen MR) is 72.3 cm³/mol. The first-order valence-corrected chi connectivity index (χ1v) is 7.42. The monoisotopic (exact) mass is 248 g/mol. The van der Waals surface area contributed by atoms with Gasteiger partial charge in [-0.15, -0.1) is 0 Å². The van der Waals surface area contributed by atoms with Gasteiger partial charge in [-0.2, -0.15) is 0 Å². The van der Waals surface area contributed by atoms with Gasteiger partial charge in [0.15, 0.2) is 0 Å². The van der Waals surface area contributed by atoms with Crippen molar-refractivity contribution in [3.05, 3.63) is 24.2 Å². The fourth-order valence-electron chi connectivity index (χ4n) is 3.62. The van der Waals surface area contributed by atoms with E-state index in [9.17, 15) is 0 Å². The number of furan rings is 1. The third-order valence-corrected chi connectivity index (χ3v) is 4.55. The molecule has 1 aromatic heterocycles. The van der Waals surface area contributed by atoms with Crippen LogP contribution < -0.4 is 10.6 Å². The van der Waals surface area contributed by atoms with Crippen LogP contribution >= 0.6 is 0 Å². The lowest BCUT2D eigenvalue weighted by molar-refractivity contribution is 0.210. The van der Waals surface area contributed by atoms with E-state index < -0.39 is 0 Å². The first-order valence-electron chi connectivity index (χ1n) is 7.42. The summed E-state index contributed by atoms with van der Waals surface area (Å²) in [5.41, 5.74) is 0. The molecule has 2 aliphatic rings. The molecule has 1 aromatic rings. The number of hydrogen-bond acceptors (Lipinski definition) is 3. The average Bonchev–Trinajstić information content (AvgIpc) is 3.10. The van der Waals surface area contributed by atoms with Crippen molar-refractivity contribution in [1.82, 2.24) is 10.6 Å². The maximum Gasteiger partial charge on any atom is 0.117 e. The fraction of sp³-hybridized carbons (Fsp3) is 0.733. The standard InChI is InChI=1S/C15H24N2O/c1-2-7-15(17-11-12-5-4-10-18-12)13(6-1)14-8-3-9-16-14/h4-5,10,13-17H,1-3,6-9,11H2. The van der Waals surface area contributed by atoms with E-state index in [1.807, 2.05) is 6.07 Å². The van der Waals surface area contributed by atoms with Gasteiger partial charge in [0.05, 0.1) is 12.8 Å². The SMILES string of the molecule is c1coc(CNC2CCCCC2C2CCCN2)c1. The first kappa shape index (κ1) is 12.2. The maximum absolute atomic E-state index is 5.41. The molecule has 1 saturated carbocycles. The maximum atomic E-state index is 5.41. The Morgan fingerprint density at radius 1 is 1.22 bits per heavy atom. The Hall–Kier alpha value is -0.800. The van der Waals surface area contributed by atoms with Gasteiger partial charge < -0.3 is 15.1 Å². The summed E-state index contributed by atoms with van der Waals surface area (Å²) in [5, 5.41) is 7.40. The second kappa shape index (κ2) is 5.89. The number of rotatable bonds is 4. The van der Waals surface area contributed by atoms with Crippen LogP contribution in [0.4, 0.5) is 0 Å². The normalized spacial score (nSPS) is 32.8. The van der Waals surface area contributed by atoms with E-state index in [1.54, 1.807) is 6.26 Å². The van der Waals surface area contributed by atoms with E-state index >= 15 is 0 Å². The molecule has 1 aliphatic heterocycles. The molecule has 3 rings (SSSR count). The molecule has 0 amide bonds. The third kappa shape index (κ3) is 2.78. The second-order valence-electron chi connectivity index (χ2n) is 5.72. The fourth-order valence-corrected chi connectivity index (χ4v) is 3.62. The van der Waals surface area contributed by atoms with Gasteiger partial charge in [0, 0.05) is 12.1 Å². The van der Waals surface area contributed by atoms with Crippen LogP contribution in [0.1, 0.15) is 44.3 Å². The summed E-state index contributed by atoms with van der Waals surface area (Å²) in [6.45, 7) is 2.09. The lowest BCUT2D eigenvalue weighted by Gasteiger charge is -2.36. The van der Waals surface area contributed by atoms with Crippen molar-refractivity contribution >= 4 is 0 Å². The second-order valence-corrected chi connectivity index (χ2v) is 5.72. The Labute approximate surface area is 109 Å². The summed E-state index contributed by atoms with van der Waals surface area (Å²) in [4.78, 5) is 0. The van der Waals surface area contributed by atoms with Crippen LogP contribution in [0.5, 0.6) is 0 Å². The molecule has 2 fully saturated rings. The van der Waals surface area contributed by atoms with Crippen molar-refractivity contribution in [3.63, 3.8) is 0 Å². The molecule has 100 valence electrons. The van der Waals surface area contributed by atoms with E-state index in [-0.39, 0.29) is 0 Å². The molecule has 0 aromatic carbocycles. The van der Waals surface area contributed by atoms with Crippen molar-refractivity contribution in [2.75, 3.05) is 6.54 Å². The summed E-state index contributed by atoms with van der Waals surface area (Å²) in [6.07, 6.45) is 9.96. The van der Waals surface area contributed by atoms with E-state index in [2.05, 4.69) is 16.7 Å². The zero-order valence-corrected chi connectivity index (χ0v) is 11.0. The summed E-state index contributed by atoms with van der Waals surface area (Å²) in [6, 6.07) is 5.44. The quantitative estimate of drug-likeness (QED) is 0.860. The minimum Gasteiger partial charge on any atom is -0.468 e. The van der Waals surface area contributed by atoms with E-state index in [0.717, 1.165) is 24.3 Å².